The van der Waals surface area contributed by atoms with Gasteiger partial charge in [0.1, 0.15) is 17.9 Å². The quantitative estimate of drug-likeness (QED) is 0.571. The van der Waals surface area contributed by atoms with Crippen LogP contribution in [-0.4, -0.2) is 81.3 Å². The van der Waals surface area contributed by atoms with E-state index in [1.165, 1.54) is 5.56 Å². The molecule has 2 fully saturated rings. The predicted octanol–water partition coefficient (Wildman–Crippen LogP) is 3.76. The molecular formula is C27H34F3N5O5. The van der Waals surface area contributed by atoms with Gasteiger partial charge >= 0.3 is 12.1 Å². The van der Waals surface area contributed by atoms with Gasteiger partial charge in [0.15, 0.2) is 11.5 Å². The minimum Gasteiger partial charge on any atom is -0.486 e. The van der Waals surface area contributed by atoms with Crippen LogP contribution in [0, 0.1) is 5.41 Å². The summed E-state index contributed by atoms with van der Waals surface area (Å²) in [5.74, 6) is -0.918. The molecule has 3 N–H and O–H groups in total. The third-order valence-corrected chi connectivity index (χ3v) is 7.57. The summed E-state index contributed by atoms with van der Waals surface area (Å²) in [6.07, 6.45) is 0.859. The van der Waals surface area contributed by atoms with Crippen LogP contribution in [0.5, 0.6) is 11.5 Å². The maximum atomic E-state index is 12.8. The molecule has 0 atom stereocenters. The van der Waals surface area contributed by atoms with Gasteiger partial charge < -0.3 is 25.2 Å². The number of carbonyl (C=O) groups is 2. The summed E-state index contributed by atoms with van der Waals surface area (Å²) in [4.78, 5) is 34.1. The van der Waals surface area contributed by atoms with Gasteiger partial charge in [-0.3, -0.25) is 9.69 Å². The molecule has 1 aromatic heterocycles. The van der Waals surface area contributed by atoms with Crippen LogP contribution in [0.15, 0.2) is 30.5 Å². The molecule has 5 rings (SSSR count). The fourth-order valence-corrected chi connectivity index (χ4v) is 5.24. The summed E-state index contributed by atoms with van der Waals surface area (Å²) < 4.78 is 43.9. The maximum Gasteiger partial charge on any atom is 0.490 e. The smallest absolute Gasteiger partial charge is 0.486 e. The average Bonchev–Trinajstić information content (AvgIpc) is 2.90. The lowest BCUT2D eigenvalue weighted by Gasteiger charge is -2.47. The monoisotopic (exact) mass is 565 g/mol. The van der Waals surface area contributed by atoms with Gasteiger partial charge in [0.25, 0.3) is 5.91 Å². The summed E-state index contributed by atoms with van der Waals surface area (Å²) in [7, 11) is 0. The van der Waals surface area contributed by atoms with Crippen molar-refractivity contribution in [1.29, 1.82) is 0 Å². The Morgan fingerprint density at radius 1 is 1.07 bits per heavy atom. The average molecular weight is 566 g/mol. The van der Waals surface area contributed by atoms with Crippen molar-refractivity contribution in [3.63, 3.8) is 0 Å². The number of likely N-dealkylation sites (tertiary alicyclic amines) is 2. The van der Waals surface area contributed by atoms with Crippen LogP contribution >= 0.6 is 0 Å². The Bertz CT molecular complexity index is 1220. The van der Waals surface area contributed by atoms with Crippen molar-refractivity contribution in [1.82, 2.24) is 19.8 Å². The number of fused-ring (bicyclic) bond motifs is 1. The number of rotatable bonds is 3. The van der Waals surface area contributed by atoms with E-state index in [0.29, 0.717) is 17.7 Å². The van der Waals surface area contributed by atoms with E-state index in [0.717, 1.165) is 69.9 Å². The first-order valence-corrected chi connectivity index (χ1v) is 13.1. The second-order valence-electron chi connectivity index (χ2n) is 11.1. The highest BCUT2D eigenvalue weighted by atomic mass is 19.4. The second kappa shape index (κ2) is 11.5. The topological polar surface area (TPSA) is 131 Å². The number of ether oxygens (including phenoxy) is 2. The van der Waals surface area contributed by atoms with E-state index in [1.807, 2.05) is 11.0 Å². The molecule has 3 aliphatic rings. The molecule has 2 aromatic rings. The van der Waals surface area contributed by atoms with Crippen molar-refractivity contribution in [3.8, 4) is 11.5 Å². The minimum atomic E-state index is -5.08. The van der Waals surface area contributed by atoms with E-state index in [1.54, 1.807) is 12.3 Å². The summed E-state index contributed by atoms with van der Waals surface area (Å²) in [6.45, 7) is 9.24. The number of aromatic nitrogens is 2. The molecule has 0 bridgehead atoms. The number of carboxylic acid groups (broad SMARTS) is 1. The van der Waals surface area contributed by atoms with Crippen molar-refractivity contribution in [2.45, 2.75) is 57.9 Å². The Morgan fingerprint density at radius 2 is 1.70 bits per heavy atom. The third-order valence-electron chi connectivity index (χ3n) is 7.57. The number of carboxylic acids is 1. The number of anilines is 1. The number of amides is 1. The van der Waals surface area contributed by atoms with Crippen molar-refractivity contribution in [2.24, 2.45) is 5.41 Å². The zero-order valence-corrected chi connectivity index (χ0v) is 22.5. The van der Waals surface area contributed by atoms with Gasteiger partial charge in [-0.1, -0.05) is 12.1 Å². The van der Waals surface area contributed by atoms with Crippen LogP contribution in [-0.2, 0) is 11.3 Å². The lowest BCUT2D eigenvalue weighted by molar-refractivity contribution is -0.192. The fraction of sp³-hybridized carbons (Fsp3) is 0.556. The standard InChI is InChI=1S/C25H33N5O3.C2HF3O2/c1-24(2)17-32-20-5-3-4-18(21(20)33-24)16-29-12-7-25(8-13-29)9-14-30(15-10-25)22(31)19-6-11-27-23(26)28-19;3-2(4,5)1(6)7/h3-6,11H,7-10,12-17H2,1-2H3,(H2,26,27,28);(H,6,7). The number of carbonyl (C=O) groups excluding carboxylic acids is 1. The molecule has 0 aliphatic carbocycles. The molecule has 10 nitrogen and oxygen atoms in total. The van der Waals surface area contributed by atoms with Gasteiger partial charge in [0.2, 0.25) is 5.95 Å². The van der Waals surface area contributed by atoms with Gasteiger partial charge in [-0.15, -0.1) is 0 Å². The number of nitrogens with two attached hydrogens (primary N) is 1. The fourth-order valence-electron chi connectivity index (χ4n) is 5.24. The summed E-state index contributed by atoms with van der Waals surface area (Å²) >= 11 is 0. The molecule has 0 saturated carbocycles. The molecule has 4 heterocycles. The molecule has 218 valence electrons. The number of piperidine rings is 2. The van der Waals surface area contributed by atoms with Crippen LogP contribution < -0.4 is 15.2 Å². The van der Waals surface area contributed by atoms with E-state index >= 15 is 0 Å². The number of benzene rings is 1. The number of nitrogens with zero attached hydrogens (tertiary/aromatic N) is 4. The molecule has 1 spiro atoms. The van der Waals surface area contributed by atoms with Crippen LogP contribution in [0.4, 0.5) is 19.1 Å². The van der Waals surface area contributed by atoms with E-state index in [2.05, 4.69) is 40.8 Å². The zero-order valence-electron chi connectivity index (χ0n) is 22.5. The first kappa shape index (κ1) is 29.4. The number of para-hydroxylation sites is 1. The Kier molecular flexibility index (Phi) is 8.43. The van der Waals surface area contributed by atoms with Crippen molar-refractivity contribution >= 4 is 17.8 Å². The molecule has 40 heavy (non-hydrogen) atoms. The Balaban J connectivity index is 0.000000470. The largest absolute Gasteiger partial charge is 0.490 e. The Hall–Kier alpha value is -3.61. The number of hydrogen-bond donors (Lipinski definition) is 2. The summed E-state index contributed by atoms with van der Waals surface area (Å²) in [6, 6.07) is 7.83. The number of aliphatic carboxylic acids is 1. The van der Waals surface area contributed by atoms with E-state index in [9.17, 15) is 18.0 Å². The minimum absolute atomic E-state index is 0.0459. The SMILES string of the molecule is CC1(C)COc2cccc(CN3CCC4(CC3)CCN(C(=O)c3ccnc(N)n3)CC4)c2O1.O=C(O)C(F)(F)F. The highest BCUT2D eigenvalue weighted by Crippen LogP contribution is 2.43. The highest BCUT2D eigenvalue weighted by Gasteiger charge is 2.40. The molecule has 0 radical (unpaired) electrons. The van der Waals surface area contributed by atoms with Crippen molar-refractivity contribution in [3.05, 3.63) is 41.7 Å². The highest BCUT2D eigenvalue weighted by molar-refractivity contribution is 5.92. The first-order chi connectivity index (χ1) is 18.8. The van der Waals surface area contributed by atoms with E-state index < -0.39 is 12.1 Å². The molecule has 2 saturated heterocycles. The maximum absolute atomic E-state index is 12.8. The number of hydrogen-bond acceptors (Lipinski definition) is 8. The van der Waals surface area contributed by atoms with Crippen LogP contribution in [0.3, 0.4) is 0 Å². The molecule has 0 unspecified atom stereocenters. The molecule has 1 aromatic carbocycles. The summed E-state index contributed by atoms with van der Waals surface area (Å²) in [5.41, 5.74) is 7.24. The van der Waals surface area contributed by atoms with Crippen molar-refractivity contribution in [2.75, 3.05) is 38.5 Å². The summed E-state index contributed by atoms with van der Waals surface area (Å²) in [5, 5.41) is 7.12. The van der Waals surface area contributed by atoms with Gasteiger partial charge in [0, 0.05) is 31.4 Å². The predicted molar refractivity (Wildman–Crippen MR) is 139 cm³/mol. The van der Waals surface area contributed by atoms with Gasteiger partial charge in [-0.2, -0.15) is 13.2 Å². The molecule has 1 amide bonds. The third kappa shape index (κ3) is 7.12. The molecule has 13 heteroatoms. The number of nitrogen functional groups attached to an aromatic ring is 1. The Labute approximate surface area is 230 Å². The number of halogens is 3. The van der Waals surface area contributed by atoms with Crippen LogP contribution in [0.1, 0.15) is 55.6 Å². The van der Waals surface area contributed by atoms with Crippen LogP contribution in [0.2, 0.25) is 0 Å². The lowest BCUT2D eigenvalue weighted by Crippen LogP contribution is -2.48. The van der Waals surface area contributed by atoms with Gasteiger partial charge in [0.05, 0.1) is 0 Å². The molecule has 3 aliphatic heterocycles. The van der Waals surface area contributed by atoms with Crippen molar-refractivity contribution < 1.29 is 37.3 Å². The zero-order chi connectivity index (χ0) is 29.1. The lowest BCUT2D eigenvalue weighted by atomic mass is 9.71. The molecular weight excluding hydrogens is 531 g/mol. The van der Waals surface area contributed by atoms with Gasteiger partial charge in [-0.25, -0.2) is 14.8 Å². The van der Waals surface area contributed by atoms with Crippen LogP contribution in [0.25, 0.3) is 0 Å². The van der Waals surface area contributed by atoms with Gasteiger partial charge in [-0.05, 0) is 70.2 Å². The Morgan fingerprint density at radius 3 is 2.30 bits per heavy atom. The number of alkyl halides is 3. The second-order valence-corrected chi connectivity index (χ2v) is 11.1. The first-order valence-electron chi connectivity index (χ1n) is 13.1. The normalized spacial score (nSPS) is 19.9. The van der Waals surface area contributed by atoms with E-state index in [-0.39, 0.29) is 17.5 Å². The van der Waals surface area contributed by atoms with E-state index in [4.69, 9.17) is 25.1 Å².